The lowest BCUT2D eigenvalue weighted by atomic mass is 9.71. The maximum atomic E-state index is 14.0. The van der Waals surface area contributed by atoms with E-state index in [1.807, 2.05) is 37.3 Å². The quantitative estimate of drug-likeness (QED) is 0.284. The van der Waals surface area contributed by atoms with E-state index in [2.05, 4.69) is 12.2 Å². The molecule has 1 heterocycles. The van der Waals surface area contributed by atoms with Crippen molar-refractivity contribution >= 4 is 23.5 Å². The number of Topliss-reactive ketones (excluding diaryl/α,β-unsaturated/α-hetero) is 1. The van der Waals surface area contributed by atoms with Crippen LogP contribution in [0.2, 0.25) is 0 Å². The van der Waals surface area contributed by atoms with Crippen LogP contribution in [0.25, 0.3) is 0 Å². The van der Waals surface area contributed by atoms with Gasteiger partial charge in [0.2, 0.25) is 5.75 Å². The number of hydrogen-bond acceptors (Lipinski definition) is 9. The monoisotopic (exact) mass is 567 g/mol. The Kier molecular flexibility index (Phi) is 9.68. The fourth-order valence-electron chi connectivity index (χ4n) is 5.61. The van der Waals surface area contributed by atoms with Gasteiger partial charge in [-0.1, -0.05) is 31.2 Å². The average molecular weight is 568 g/mol. The number of esters is 1. The summed E-state index contributed by atoms with van der Waals surface area (Å²) in [6.07, 6.45) is 0.863. The molecule has 1 aliphatic heterocycles. The van der Waals surface area contributed by atoms with Crippen molar-refractivity contribution in [2.45, 2.75) is 38.5 Å². The minimum Gasteiger partial charge on any atom is -0.496 e. The van der Waals surface area contributed by atoms with E-state index in [4.69, 9.17) is 23.7 Å². The number of para-hydroxylation sites is 1. The highest BCUT2D eigenvalue weighted by atomic mass is 32.2. The standard InChI is InChI=1S/C31H37NO7S/c1-7-40-15-14-39-31(34)26-18(2)32-22-16-19(20-10-8-9-11-24(20)35-3)17-23(33)28(22)27(26)21-12-13-25(36-4)30(38-6)29(21)37-5/h8-13,19,27,32H,7,14-17H2,1-6H3/t19-,27-/m1/s1. The highest BCUT2D eigenvalue weighted by molar-refractivity contribution is 7.99. The predicted molar refractivity (Wildman–Crippen MR) is 156 cm³/mol. The molecule has 0 fully saturated rings. The number of ether oxygens (including phenoxy) is 5. The van der Waals surface area contributed by atoms with Crippen molar-refractivity contribution < 1.29 is 33.3 Å². The smallest absolute Gasteiger partial charge is 0.336 e. The van der Waals surface area contributed by atoms with Gasteiger partial charge in [0.15, 0.2) is 17.3 Å². The number of nitrogens with one attached hydrogen (secondary N) is 1. The lowest BCUT2D eigenvalue weighted by Gasteiger charge is -2.37. The molecule has 214 valence electrons. The van der Waals surface area contributed by atoms with Crippen molar-refractivity contribution in [3.8, 4) is 23.0 Å². The van der Waals surface area contributed by atoms with E-state index in [0.717, 1.165) is 22.8 Å². The molecule has 0 spiro atoms. The summed E-state index contributed by atoms with van der Waals surface area (Å²) in [7, 11) is 6.25. The number of allylic oxidation sites excluding steroid dienone is 3. The second kappa shape index (κ2) is 13.2. The Morgan fingerprint density at radius 2 is 1.65 bits per heavy atom. The van der Waals surface area contributed by atoms with Gasteiger partial charge in [0, 0.05) is 40.6 Å². The number of dihydropyridines is 1. The zero-order valence-corrected chi connectivity index (χ0v) is 24.7. The molecule has 0 saturated heterocycles. The molecule has 9 heteroatoms. The average Bonchev–Trinajstić information content (AvgIpc) is 2.97. The molecule has 8 nitrogen and oxygen atoms in total. The Hall–Kier alpha value is -3.59. The number of thioether (sulfide) groups is 1. The second-order valence-electron chi connectivity index (χ2n) is 9.52. The molecule has 1 N–H and O–H groups in total. The predicted octanol–water partition coefficient (Wildman–Crippen LogP) is 5.38. The Bertz CT molecular complexity index is 1330. The molecule has 0 aromatic heterocycles. The van der Waals surface area contributed by atoms with Gasteiger partial charge in [0.1, 0.15) is 12.4 Å². The van der Waals surface area contributed by atoms with Crippen LogP contribution in [0.4, 0.5) is 0 Å². The minimum absolute atomic E-state index is 0.0502. The summed E-state index contributed by atoms with van der Waals surface area (Å²) in [4.78, 5) is 27.6. The summed E-state index contributed by atoms with van der Waals surface area (Å²) in [6, 6.07) is 11.4. The van der Waals surface area contributed by atoms with Gasteiger partial charge in [-0.05, 0) is 36.8 Å². The van der Waals surface area contributed by atoms with Crippen molar-refractivity contribution in [1.29, 1.82) is 0 Å². The molecule has 0 bridgehead atoms. The van der Waals surface area contributed by atoms with Crippen LogP contribution in [0.3, 0.4) is 0 Å². The SMILES string of the molecule is CCSCCOC(=O)C1=C(C)NC2=C(C(=O)C[C@H](c3ccccc3OC)C2)[C@@H]1c1ccc(OC)c(OC)c1OC. The summed E-state index contributed by atoms with van der Waals surface area (Å²) in [6.45, 7) is 4.18. The van der Waals surface area contributed by atoms with Gasteiger partial charge < -0.3 is 29.0 Å². The molecular weight excluding hydrogens is 530 g/mol. The van der Waals surface area contributed by atoms with E-state index in [-0.39, 0.29) is 24.7 Å². The van der Waals surface area contributed by atoms with Gasteiger partial charge in [-0.25, -0.2) is 4.79 Å². The first-order valence-corrected chi connectivity index (χ1v) is 14.5. The molecule has 0 saturated carbocycles. The van der Waals surface area contributed by atoms with Gasteiger partial charge in [0.05, 0.1) is 39.9 Å². The van der Waals surface area contributed by atoms with E-state index in [1.54, 1.807) is 32.0 Å². The summed E-state index contributed by atoms with van der Waals surface area (Å²) in [5.41, 5.74) is 3.96. The van der Waals surface area contributed by atoms with Crippen molar-refractivity contribution in [2.24, 2.45) is 0 Å². The molecule has 2 atom stereocenters. The summed E-state index contributed by atoms with van der Waals surface area (Å²) >= 11 is 1.70. The Morgan fingerprint density at radius 3 is 2.33 bits per heavy atom. The van der Waals surface area contributed by atoms with Crippen LogP contribution < -0.4 is 24.3 Å². The molecule has 4 rings (SSSR count). The molecule has 1 aliphatic carbocycles. The van der Waals surface area contributed by atoms with Gasteiger partial charge in [-0.2, -0.15) is 11.8 Å². The molecule has 40 heavy (non-hydrogen) atoms. The summed E-state index contributed by atoms with van der Waals surface area (Å²) < 4.78 is 28.3. The Labute approximate surface area is 240 Å². The molecular formula is C31H37NO7S. The molecule has 0 amide bonds. The van der Waals surface area contributed by atoms with Crippen molar-refractivity contribution in [3.05, 3.63) is 70.1 Å². The number of carbonyl (C=O) groups excluding carboxylic acids is 2. The second-order valence-corrected chi connectivity index (χ2v) is 10.9. The van der Waals surface area contributed by atoms with Gasteiger partial charge in [-0.15, -0.1) is 0 Å². The number of hydrogen-bond donors (Lipinski definition) is 1. The molecule has 2 aromatic rings. The number of rotatable bonds is 11. The van der Waals surface area contributed by atoms with E-state index in [9.17, 15) is 9.59 Å². The van der Waals surface area contributed by atoms with Crippen LogP contribution in [0.1, 0.15) is 49.7 Å². The minimum atomic E-state index is -0.705. The zero-order chi connectivity index (χ0) is 28.8. The number of methoxy groups -OCH3 is 4. The normalized spacial score (nSPS) is 18.6. The number of carbonyl (C=O) groups is 2. The first kappa shape index (κ1) is 29.4. The third-order valence-corrected chi connectivity index (χ3v) is 8.20. The van der Waals surface area contributed by atoms with Gasteiger partial charge in [-0.3, -0.25) is 4.79 Å². The maximum Gasteiger partial charge on any atom is 0.336 e. The molecule has 0 unspecified atom stereocenters. The number of benzene rings is 2. The van der Waals surface area contributed by atoms with Crippen LogP contribution in [0.15, 0.2) is 58.9 Å². The van der Waals surface area contributed by atoms with E-state index in [1.165, 1.54) is 14.2 Å². The third kappa shape index (κ3) is 5.66. The van der Waals surface area contributed by atoms with Crippen LogP contribution >= 0.6 is 11.8 Å². The molecule has 0 radical (unpaired) electrons. The lowest BCUT2D eigenvalue weighted by molar-refractivity contribution is -0.138. The van der Waals surface area contributed by atoms with Crippen molar-refractivity contribution in [1.82, 2.24) is 5.32 Å². The fraction of sp³-hybridized carbons (Fsp3) is 0.419. The van der Waals surface area contributed by atoms with Crippen LogP contribution in [0.5, 0.6) is 23.0 Å². The van der Waals surface area contributed by atoms with Crippen molar-refractivity contribution in [3.63, 3.8) is 0 Å². The van der Waals surface area contributed by atoms with E-state index >= 15 is 0 Å². The Morgan fingerprint density at radius 1 is 0.925 bits per heavy atom. The number of ketones is 1. The third-order valence-electron chi connectivity index (χ3n) is 7.34. The van der Waals surface area contributed by atoms with Crippen LogP contribution in [-0.2, 0) is 14.3 Å². The lowest BCUT2D eigenvalue weighted by Crippen LogP contribution is -2.36. The highest BCUT2D eigenvalue weighted by Gasteiger charge is 2.43. The first-order valence-electron chi connectivity index (χ1n) is 13.3. The van der Waals surface area contributed by atoms with Gasteiger partial charge >= 0.3 is 5.97 Å². The first-order chi connectivity index (χ1) is 19.4. The topological polar surface area (TPSA) is 92.3 Å². The maximum absolute atomic E-state index is 14.0. The largest absolute Gasteiger partial charge is 0.496 e. The Balaban J connectivity index is 1.84. The molecule has 2 aromatic carbocycles. The van der Waals surface area contributed by atoms with E-state index in [0.29, 0.717) is 51.8 Å². The summed E-state index contributed by atoms with van der Waals surface area (Å²) in [5.74, 6) is 2.37. The van der Waals surface area contributed by atoms with Crippen LogP contribution in [-0.4, -0.2) is 58.3 Å². The van der Waals surface area contributed by atoms with Crippen LogP contribution in [0, 0.1) is 0 Å². The van der Waals surface area contributed by atoms with Gasteiger partial charge in [0.25, 0.3) is 0 Å². The van der Waals surface area contributed by atoms with Crippen molar-refractivity contribution in [2.75, 3.05) is 46.6 Å². The fourth-order valence-corrected chi connectivity index (χ4v) is 6.10. The summed E-state index contributed by atoms with van der Waals surface area (Å²) in [5, 5.41) is 3.40. The molecule has 2 aliphatic rings. The van der Waals surface area contributed by atoms with E-state index < -0.39 is 11.9 Å². The highest BCUT2D eigenvalue weighted by Crippen LogP contribution is 2.51. The zero-order valence-electron chi connectivity index (χ0n) is 23.9.